The van der Waals surface area contributed by atoms with Crippen molar-refractivity contribution in [1.29, 1.82) is 5.26 Å². The third-order valence-electron chi connectivity index (χ3n) is 4.92. The zero-order valence-electron chi connectivity index (χ0n) is 12.5. The summed E-state index contributed by atoms with van der Waals surface area (Å²) in [5.74, 6) is 0.978. The largest absolute Gasteiger partial charge is 0.393 e. The summed E-state index contributed by atoms with van der Waals surface area (Å²) in [6.45, 7) is 5.66. The van der Waals surface area contributed by atoms with E-state index < -0.39 is 0 Å². The SMILES string of the molecule is CCNCc1ccc(N2CC3CCC(O)C3C2)c(C#N)c1. The molecule has 0 bridgehead atoms. The minimum absolute atomic E-state index is 0.154. The Morgan fingerprint density at radius 1 is 1.38 bits per heavy atom. The van der Waals surface area contributed by atoms with Gasteiger partial charge in [0.25, 0.3) is 0 Å². The second-order valence-corrected chi connectivity index (χ2v) is 6.22. The molecule has 3 atom stereocenters. The zero-order valence-corrected chi connectivity index (χ0v) is 12.5. The fourth-order valence-electron chi connectivity index (χ4n) is 3.76. The number of nitriles is 1. The number of nitrogens with one attached hydrogen (secondary N) is 1. The zero-order chi connectivity index (χ0) is 14.8. The van der Waals surface area contributed by atoms with E-state index in [1.807, 2.05) is 6.07 Å². The molecule has 1 aliphatic carbocycles. The first-order chi connectivity index (χ1) is 10.2. The second-order valence-electron chi connectivity index (χ2n) is 6.22. The van der Waals surface area contributed by atoms with E-state index in [-0.39, 0.29) is 6.10 Å². The number of nitrogens with zero attached hydrogens (tertiary/aromatic N) is 2. The van der Waals surface area contributed by atoms with Crippen molar-refractivity contribution >= 4 is 5.69 Å². The summed E-state index contributed by atoms with van der Waals surface area (Å²) in [4.78, 5) is 2.29. The predicted octanol–water partition coefficient (Wildman–Crippen LogP) is 1.87. The molecule has 1 heterocycles. The highest BCUT2D eigenvalue weighted by Crippen LogP contribution is 2.40. The standard InChI is InChI=1S/C17H23N3O/c1-2-19-9-12-3-5-16(14(7-12)8-18)20-10-13-4-6-17(21)15(13)11-20/h3,5,7,13,15,17,19,21H,2,4,6,9-11H2,1H3. The van der Waals surface area contributed by atoms with Crippen molar-refractivity contribution in [3.8, 4) is 6.07 Å². The van der Waals surface area contributed by atoms with Crippen LogP contribution in [0.2, 0.25) is 0 Å². The molecule has 3 unspecified atom stereocenters. The van der Waals surface area contributed by atoms with Gasteiger partial charge in [0.15, 0.2) is 0 Å². The molecule has 2 aliphatic rings. The van der Waals surface area contributed by atoms with Crippen LogP contribution in [0.25, 0.3) is 0 Å². The molecule has 4 heteroatoms. The van der Waals surface area contributed by atoms with Crippen LogP contribution in [-0.2, 0) is 6.54 Å². The van der Waals surface area contributed by atoms with Crippen molar-refractivity contribution in [3.63, 3.8) is 0 Å². The molecule has 4 nitrogen and oxygen atoms in total. The number of rotatable bonds is 4. The van der Waals surface area contributed by atoms with Crippen LogP contribution in [-0.4, -0.2) is 30.8 Å². The highest BCUT2D eigenvalue weighted by Gasteiger charge is 2.42. The number of anilines is 1. The Morgan fingerprint density at radius 2 is 2.24 bits per heavy atom. The first-order valence-corrected chi connectivity index (χ1v) is 7.89. The summed E-state index contributed by atoms with van der Waals surface area (Å²) < 4.78 is 0. The fourth-order valence-corrected chi connectivity index (χ4v) is 3.76. The number of fused-ring (bicyclic) bond motifs is 1. The number of hydrogen-bond acceptors (Lipinski definition) is 4. The minimum Gasteiger partial charge on any atom is -0.393 e. The van der Waals surface area contributed by atoms with Gasteiger partial charge in [0.2, 0.25) is 0 Å². The van der Waals surface area contributed by atoms with E-state index in [1.165, 1.54) is 0 Å². The lowest BCUT2D eigenvalue weighted by Crippen LogP contribution is -2.25. The minimum atomic E-state index is -0.154. The van der Waals surface area contributed by atoms with E-state index in [4.69, 9.17) is 0 Å². The summed E-state index contributed by atoms with van der Waals surface area (Å²) >= 11 is 0. The number of aliphatic hydroxyl groups excluding tert-OH is 1. The van der Waals surface area contributed by atoms with Crippen LogP contribution in [0.3, 0.4) is 0 Å². The fraction of sp³-hybridized carbons (Fsp3) is 0.588. The normalized spacial score (nSPS) is 27.7. The average molecular weight is 285 g/mol. The molecule has 1 saturated carbocycles. The van der Waals surface area contributed by atoms with Crippen LogP contribution in [0.5, 0.6) is 0 Å². The Hall–Kier alpha value is -1.57. The van der Waals surface area contributed by atoms with Gasteiger partial charge in [-0.2, -0.15) is 5.26 Å². The van der Waals surface area contributed by atoms with E-state index in [9.17, 15) is 10.4 Å². The van der Waals surface area contributed by atoms with E-state index in [1.54, 1.807) is 0 Å². The van der Waals surface area contributed by atoms with Crippen LogP contribution in [0.4, 0.5) is 5.69 Å². The average Bonchev–Trinajstić information content (AvgIpc) is 3.07. The van der Waals surface area contributed by atoms with Gasteiger partial charge in [0, 0.05) is 25.6 Å². The molecule has 1 saturated heterocycles. The van der Waals surface area contributed by atoms with Crippen molar-refractivity contribution in [2.24, 2.45) is 11.8 Å². The highest BCUT2D eigenvalue weighted by atomic mass is 16.3. The quantitative estimate of drug-likeness (QED) is 0.887. The lowest BCUT2D eigenvalue weighted by molar-refractivity contribution is 0.133. The maximum Gasteiger partial charge on any atom is 0.101 e. The van der Waals surface area contributed by atoms with Gasteiger partial charge in [-0.3, -0.25) is 0 Å². The number of aliphatic hydroxyl groups is 1. The summed E-state index contributed by atoms with van der Waals surface area (Å²) in [5, 5.41) is 22.8. The molecular weight excluding hydrogens is 262 g/mol. The molecule has 2 fully saturated rings. The first-order valence-electron chi connectivity index (χ1n) is 7.89. The molecular formula is C17H23N3O. The van der Waals surface area contributed by atoms with E-state index in [2.05, 4.69) is 35.3 Å². The topological polar surface area (TPSA) is 59.3 Å². The third kappa shape index (κ3) is 2.76. The van der Waals surface area contributed by atoms with Crippen LogP contribution in [0, 0.1) is 23.2 Å². The van der Waals surface area contributed by atoms with Gasteiger partial charge in [0.1, 0.15) is 6.07 Å². The molecule has 0 amide bonds. The maximum absolute atomic E-state index is 10.0. The van der Waals surface area contributed by atoms with Gasteiger partial charge in [-0.05, 0) is 43.0 Å². The lowest BCUT2D eigenvalue weighted by atomic mass is 10.00. The Bertz CT molecular complexity index is 551. The van der Waals surface area contributed by atoms with Crippen LogP contribution in [0.1, 0.15) is 30.9 Å². The van der Waals surface area contributed by atoms with Crippen LogP contribution < -0.4 is 10.2 Å². The van der Waals surface area contributed by atoms with E-state index >= 15 is 0 Å². The van der Waals surface area contributed by atoms with Gasteiger partial charge >= 0.3 is 0 Å². The van der Waals surface area contributed by atoms with Crippen molar-refractivity contribution in [2.45, 2.75) is 32.4 Å². The van der Waals surface area contributed by atoms with Gasteiger partial charge in [0.05, 0.1) is 17.4 Å². The molecule has 1 aromatic carbocycles. The first kappa shape index (κ1) is 14.4. The van der Waals surface area contributed by atoms with E-state index in [0.717, 1.165) is 55.8 Å². The van der Waals surface area contributed by atoms with Gasteiger partial charge in [-0.25, -0.2) is 0 Å². The molecule has 2 N–H and O–H groups in total. The third-order valence-corrected chi connectivity index (χ3v) is 4.92. The van der Waals surface area contributed by atoms with Crippen molar-refractivity contribution < 1.29 is 5.11 Å². The highest BCUT2D eigenvalue weighted by molar-refractivity contribution is 5.61. The van der Waals surface area contributed by atoms with Crippen molar-refractivity contribution in [1.82, 2.24) is 5.32 Å². The smallest absolute Gasteiger partial charge is 0.101 e. The van der Waals surface area contributed by atoms with Crippen LogP contribution in [0.15, 0.2) is 18.2 Å². The van der Waals surface area contributed by atoms with Crippen LogP contribution >= 0.6 is 0 Å². The Morgan fingerprint density at radius 3 is 2.95 bits per heavy atom. The molecule has 0 radical (unpaired) electrons. The molecule has 3 rings (SSSR count). The molecule has 21 heavy (non-hydrogen) atoms. The van der Waals surface area contributed by atoms with Crippen molar-refractivity contribution in [2.75, 3.05) is 24.5 Å². The summed E-state index contributed by atoms with van der Waals surface area (Å²) in [6, 6.07) is 8.49. The Balaban J connectivity index is 1.78. The molecule has 1 aliphatic heterocycles. The summed E-state index contributed by atoms with van der Waals surface area (Å²) in [5.41, 5.74) is 2.93. The molecule has 112 valence electrons. The molecule has 0 spiro atoms. The molecule has 1 aromatic rings. The Labute approximate surface area is 126 Å². The van der Waals surface area contributed by atoms with Gasteiger partial charge in [-0.15, -0.1) is 0 Å². The number of hydrogen-bond donors (Lipinski definition) is 2. The van der Waals surface area contributed by atoms with Gasteiger partial charge < -0.3 is 15.3 Å². The van der Waals surface area contributed by atoms with E-state index in [0.29, 0.717) is 11.8 Å². The monoisotopic (exact) mass is 285 g/mol. The van der Waals surface area contributed by atoms with Crippen molar-refractivity contribution in [3.05, 3.63) is 29.3 Å². The summed E-state index contributed by atoms with van der Waals surface area (Å²) in [7, 11) is 0. The Kier molecular flexibility index (Phi) is 4.14. The lowest BCUT2D eigenvalue weighted by Gasteiger charge is -2.22. The summed E-state index contributed by atoms with van der Waals surface area (Å²) in [6.07, 6.45) is 1.90. The molecule has 0 aromatic heterocycles. The predicted molar refractivity (Wildman–Crippen MR) is 83.0 cm³/mol. The maximum atomic E-state index is 10.0. The van der Waals surface area contributed by atoms with Gasteiger partial charge in [-0.1, -0.05) is 13.0 Å². The second kappa shape index (κ2) is 6.05. The number of benzene rings is 1.